The maximum absolute atomic E-state index is 13.9. The Hall–Kier alpha value is -3.80. The Bertz CT molecular complexity index is 1620. The van der Waals surface area contributed by atoms with Gasteiger partial charge in [-0.3, -0.25) is 4.79 Å². The molecule has 0 aliphatic carbocycles. The normalized spacial score (nSPS) is 18.3. The van der Waals surface area contributed by atoms with Crippen molar-refractivity contribution >= 4 is 40.5 Å². The first-order chi connectivity index (χ1) is 21.6. The Labute approximate surface area is 266 Å². The van der Waals surface area contributed by atoms with Crippen molar-refractivity contribution in [2.45, 2.75) is 49.7 Å². The highest BCUT2D eigenvalue weighted by Crippen LogP contribution is 2.42. The number of aromatic nitrogens is 3. The van der Waals surface area contributed by atoms with Crippen LogP contribution in [0.15, 0.2) is 66.9 Å². The molecule has 1 unspecified atom stereocenters. The van der Waals surface area contributed by atoms with E-state index in [1.165, 1.54) is 0 Å². The van der Waals surface area contributed by atoms with E-state index in [1.807, 2.05) is 48.3 Å². The predicted octanol–water partition coefficient (Wildman–Crippen LogP) is 5.46. The lowest BCUT2D eigenvalue weighted by atomic mass is 9.68. The minimum absolute atomic E-state index is 0.00859. The van der Waals surface area contributed by atoms with Gasteiger partial charge >= 0.3 is 0 Å². The fourth-order valence-electron chi connectivity index (χ4n) is 6.69. The lowest BCUT2D eigenvalue weighted by Gasteiger charge is -2.45. The first kappa shape index (κ1) is 31.2. The van der Waals surface area contributed by atoms with Crippen molar-refractivity contribution in [2.75, 3.05) is 50.5 Å². The molecule has 0 bridgehead atoms. The zero-order valence-electron chi connectivity index (χ0n) is 25.4. The van der Waals surface area contributed by atoms with E-state index in [2.05, 4.69) is 27.3 Å². The van der Waals surface area contributed by atoms with Crippen molar-refractivity contribution in [1.82, 2.24) is 24.4 Å². The van der Waals surface area contributed by atoms with Crippen LogP contribution >= 0.6 is 11.6 Å². The van der Waals surface area contributed by atoms with Gasteiger partial charge in [0.25, 0.3) is 12.3 Å². The average molecular weight is 638 g/mol. The first-order valence-electron chi connectivity index (χ1n) is 15.3. The molecule has 9 nitrogen and oxygen atoms in total. The van der Waals surface area contributed by atoms with E-state index in [0.29, 0.717) is 53.7 Å². The van der Waals surface area contributed by atoms with Gasteiger partial charge in [0.2, 0.25) is 5.95 Å². The summed E-state index contributed by atoms with van der Waals surface area (Å²) in [6.07, 6.45) is -0.252. The lowest BCUT2D eigenvalue weighted by molar-refractivity contribution is -0.0601. The zero-order valence-corrected chi connectivity index (χ0v) is 26.2. The van der Waals surface area contributed by atoms with Gasteiger partial charge in [-0.05, 0) is 99.9 Å². The molecule has 4 aromatic rings. The summed E-state index contributed by atoms with van der Waals surface area (Å²) in [5, 5.41) is 19.0. The van der Waals surface area contributed by atoms with Gasteiger partial charge in [0.1, 0.15) is 6.10 Å². The number of aliphatic hydroxyl groups excluding tert-OH is 1. The summed E-state index contributed by atoms with van der Waals surface area (Å²) in [7, 11) is 3.98. The number of alkyl halides is 2. The molecular weight excluding hydrogens is 600 g/mol. The highest BCUT2D eigenvalue weighted by Gasteiger charge is 2.46. The Kier molecular flexibility index (Phi) is 8.94. The molecular formula is C33H38ClF2N7O2. The molecule has 4 heterocycles. The molecule has 2 aliphatic heterocycles. The Morgan fingerprint density at radius 3 is 2.36 bits per heavy atom. The third kappa shape index (κ3) is 6.34. The van der Waals surface area contributed by atoms with Gasteiger partial charge in [-0.15, -0.1) is 5.10 Å². The minimum atomic E-state index is -2.87. The van der Waals surface area contributed by atoms with Gasteiger partial charge in [-0.1, -0.05) is 23.7 Å². The topological polar surface area (TPSA) is 89.2 Å². The van der Waals surface area contributed by atoms with Crippen LogP contribution in [0.25, 0.3) is 5.65 Å². The second kappa shape index (κ2) is 12.9. The number of amides is 1. The predicted molar refractivity (Wildman–Crippen MR) is 172 cm³/mol. The summed E-state index contributed by atoms with van der Waals surface area (Å²) in [5.41, 5.74) is 2.40. The molecule has 2 aromatic heterocycles. The standard InChI is InChI=1S/C33H38ClF2N7O2/c1-40-18-13-26(14-19-40)41(2)31(45)22-5-11-25(12-6-22)37-32-38-30-27(4-3-17-43(30)39-32)42-20-15-33(16-21-42,28(44)29(35)36)23-7-9-24(34)10-8-23/h3-12,17,26,28-29,44H,13-16,18-21H2,1-2H3,(H,37,39). The number of nitrogens with zero attached hydrogens (tertiary/aromatic N) is 6. The summed E-state index contributed by atoms with van der Waals surface area (Å²) in [6.45, 7) is 2.87. The third-order valence-corrected chi connectivity index (χ3v) is 9.76. The van der Waals surface area contributed by atoms with Crippen molar-refractivity contribution in [3.05, 3.63) is 83.0 Å². The lowest BCUT2D eigenvalue weighted by Crippen LogP contribution is -2.52. The van der Waals surface area contributed by atoms with Crippen molar-refractivity contribution in [2.24, 2.45) is 0 Å². The summed E-state index contributed by atoms with van der Waals surface area (Å²) in [5.74, 6) is 0.403. The molecule has 0 spiro atoms. The maximum Gasteiger partial charge on any atom is 0.264 e. The number of fused-ring (bicyclic) bond motifs is 1. The van der Waals surface area contributed by atoms with E-state index in [4.69, 9.17) is 16.6 Å². The molecule has 6 rings (SSSR count). The van der Waals surface area contributed by atoms with Crippen LogP contribution in [0.2, 0.25) is 5.02 Å². The average Bonchev–Trinajstić information content (AvgIpc) is 3.47. The van der Waals surface area contributed by atoms with Gasteiger partial charge in [-0.2, -0.15) is 4.98 Å². The van der Waals surface area contributed by atoms with Gasteiger partial charge in [0.05, 0.1) is 5.69 Å². The summed E-state index contributed by atoms with van der Waals surface area (Å²) in [4.78, 5) is 24.1. The number of benzene rings is 2. The Morgan fingerprint density at radius 2 is 1.71 bits per heavy atom. The van der Waals surface area contributed by atoms with Crippen LogP contribution in [0.5, 0.6) is 0 Å². The number of anilines is 3. The summed E-state index contributed by atoms with van der Waals surface area (Å²) < 4.78 is 29.4. The molecule has 2 fully saturated rings. The fourth-order valence-corrected chi connectivity index (χ4v) is 6.82. The van der Waals surface area contributed by atoms with Gasteiger partial charge in [-0.25, -0.2) is 13.3 Å². The zero-order chi connectivity index (χ0) is 31.7. The van der Waals surface area contributed by atoms with Crippen LogP contribution in [-0.2, 0) is 5.41 Å². The van der Waals surface area contributed by atoms with Crippen molar-refractivity contribution < 1.29 is 18.7 Å². The molecule has 0 radical (unpaired) electrons. The Morgan fingerprint density at radius 1 is 1.04 bits per heavy atom. The smallest absolute Gasteiger partial charge is 0.264 e. The second-order valence-electron chi connectivity index (χ2n) is 12.2. The van der Waals surface area contributed by atoms with Crippen molar-refractivity contribution in [3.8, 4) is 0 Å². The quantitative estimate of drug-likeness (QED) is 0.265. The molecule has 12 heteroatoms. The fraction of sp³-hybridized carbons (Fsp3) is 0.424. The van der Waals surface area contributed by atoms with E-state index in [9.17, 15) is 18.7 Å². The van der Waals surface area contributed by atoms with Gasteiger partial charge in [0.15, 0.2) is 5.65 Å². The summed E-state index contributed by atoms with van der Waals surface area (Å²) >= 11 is 6.06. The van der Waals surface area contributed by atoms with E-state index < -0.39 is 17.9 Å². The third-order valence-electron chi connectivity index (χ3n) is 9.51. The van der Waals surface area contributed by atoms with Gasteiger partial charge < -0.3 is 25.1 Å². The molecule has 238 valence electrons. The van der Waals surface area contributed by atoms with Crippen molar-refractivity contribution in [3.63, 3.8) is 0 Å². The number of likely N-dealkylation sites (tertiary alicyclic amines) is 1. The van der Waals surface area contributed by atoms with Crippen LogP contribution in [0.3, 0.4) is 0 Å². The molecule has 2 aliphatic rings. The second-order valence-corrected chi connectivity index (χ2v) is 12.6. The van der Waals surface area contributed by atoms with Crippen LogP contribution in [0.1, 0.15) is 41.6 Å². The number of rotatable bonds is 8. The molecule has 1 amide bonds. The monoisotopic (exact) mass is 637 g/mol. The van der Waals surface area contributed by atoms with Gasteiger partial charge in [0, 0.05) is 54.1 Å². The first-order valence-corrected chi connectivity index (χ1v) is 15.7. The number of nitrogens with one attached hydrogen (secondary N) is 1. The van der Waals surface area contributed by atoms with Crippen molar-refractivity contribution in [1.29, 1.82) is 0 Å². The number of carbonyl (C=O) groups is 1. The van der Waals surface area contributed by atoms with E-state index in [-0.39, 0.29) is 11.9 Å². The SMILES string of the molecule is CN1CCC(N(C)C(=O)c2ccc(Nc3nc4c(N5CCC(c6ccc(Cl)cc6)(C(O)C(F)F)CC5)cccn4n3)cc2)CC1. The number of carbonyl (C=O) groups excluding carboxylic acids is 1. The molecule has 1 atom stereocenters. The maximum atomic E-state index is 13.9. The molecule has 0 saturated carbocycles. The van der Waals surface area contributed by atoms with E-state index in [1.54, 1.807) is 35.0 Å². The largest absolute Gasteiger partial charge is 0.386 e. The highest BCUT2D eigenvalue weighted by molar-refractivity contribution is 6.30. The number of hydrogen-bond acceptors (Lipinski definition) is 7. The number of aliphatic hydroxyl groups is 1. The van der Waals surface area contributed by atoms with Crippen LogP contribution in [-0.4, -0.2) is 94.3 Å². The van der Waals surface area contributed by atoms with Crippen LogP contribution in [0.4, 0.5) is 26.1 Å². The molecule has 2 saturated heterocycles. The van der Waals surface area contributed by atoms with Crippen LogP contribution < -0.4 is 10.2 Å². The van der Waals surface area contributed by atoms with Crippen LogP contribution in [0, 0.1) is 0 Å². The number of hydrogen-bond donors (Lipinski definition) is 2. The number of pyridine rings is 1. The molecule has 2 aromatic carbocycles. The summed E-state index contributed by atoms with van der Waals surface area (Å²) in [6, 6.07) is 18.2. The molecule has 2 N–H and O–H groups in total. The highest BCUT2D eigenvalue weighted by atomic mass is 35.5. The number of piperidine rings is 2. The minimum Gasteiger partial charge on any atom is -0.386 e. The Balaban J connectivity index is 1.15. The van der Waals surface area contributed by atoms with E-state index >= 15 is 0 Å². The number of halogens is 3. The molecule has 45 heavy (non-hydrogen) atoms. The van der Waals surface area contributed by atoms with E-state index in [0.717, 1.165) is 37.3 Å².